The molecule has 6 heteroatoms. The van der Waals surface area contributed by atoms with Gasteiger partial charge in [-0.25, -0.2) is 5.10 Å². The van der Waals surface area contributed by atoms with E-state index in [1.54, 1.807) is 6.92 Å². The molecule has 66 valence electrons. The first-order valence-corrected chi connectivity index (χ1v) is 3.84. The fourth-order valence-electron chi connectivity index (χ4n) is 0.845. The predicted octanol–water partition coefficient (Wildman–Crippen LogP) is 1.31. The van der Waals surface area contributed by atoms with Crippen molar-refractivity contribution in [2.75, 3.05) is 0 Å². The summed E-state index contributed by atoms with van der Waals surface area (Å²) in [6.07, 6.45) is 0.429. The third kappa shape index (κ3) is 1.70. The van der Waals surface area contributed by atoms with Crippen LogP contribution in [0.4, 0.5) is 0 Å². The van der Waals surface area contributed by atoms with Gasteiger partial charge in [-0.05, 0) is 18.6 Å². The second-order valence-corrected chi connectivity index (χ2v) is 2.62. The topological polar surface area (TPSA) is 79.1 Å². The lowest BCUT2D eigenvalue weighted by Crippen LogP contribution is -2.10. The molecule has 1 rings (SSSR count). The van der Waals surface area contributed by atoms with Crippen LogP contribution in [0.25, 0.3) is 0 Å². The fraction of sp³-hybridized carbons (Fsp3) is 0.500. The van der Waals surface area contributed by atoms with Gasteiger partial charge in [0, 0.05) is 0 Å². The minimum Gasteiger partial charge on any atom is -0.481 e. The molecule has 0 aliphatic rings. The molecular weight excluding hydrogens is 180 g/mol. The highest BCUT2D eigenvalue weighted by molar-refractivity contribution is 7.71. The monoisotopic (exact) mass is 188 g/mol. The average molecular weight is 188 g/mol. The molecule has 0 aromatic carbocycles. The molecule has 0 spiro atoms. The van der Waals surface area contributed by atoms with Gasteiger partial charge >= 0.3 is 5.97 Å². The van der Waals surface area contributed by atoms with Crippen molar-refractivity contribution in [3.63, 3.8) is 0 Å². The Morgan fingerprint density at radius 2 is 2.58 bits per heavy atom. The number of nitrogens with zero attached hydrogens (tertiary/aromatic N) is 1. The van der Waals surface area contributed by atoms with Crippen molar-refractivity contribution >= 4 is 18.2 Å². The minimum atomic E-state index is -0.956. The van der Waals surface area contributed by atoms with Crippen molar-refractivity contribution in [1.29, 1.82) is 0 Å². The molecule has 12 heavy (non-hydrogen) atoms. The van der Waals surface area contributed by atoms with E-state index in [2.05, 4.69) is 22.4 Å². The first-order chi connectivity index (χ1) is 5.65. The minimum absolute atomic E-state index is 0.102. The van der Waals surface area contributed by atoms with Crippen LogP contribution in [0.5, 0.6) is 0 Å². The van der Waals surface area contributed by atoms with E-state index in [0.29, 0.717) is 6.42 Å². The van der Waals surface area contributed by atoms with Crippen LogP contribution in [0.2, 0.25) is 0 Å². The molecule has 1 aromatic heterocycles. The van der Waals surface area contributed by atoms with Crippen LogP contribution in [0.3, 0.4) is 0 Å². The molecule has 1 aromatic rings. The first kappa shape index (κ1) is 8.92. The summed E-state index contributed by atoms with van der Waals surface area (Å²) >= 11 is 4.61. The summed E-state index contributed by atoms with van der Waals surface area (Å²) in [4.78, 5) is 10.7. The zero-order chi connectivity index (χ0) is 9.14. The van der Waals surface area contributed by atoms with Gasteiger partial charge < -0.3 is 9.52 Å². The van der Waals surface area contributed by atoms with Gasteiger partial charge in [0.05, 0.1) is 0 Å². The Kier molecular flexibility index (Phi) is 2.59. The number of nitrogens with one attached hydrogen (secondary N) is 1. The number of aromatic nitrogens is 2. The molecule has 0 bridgehead atoms. The van der Waals surface area contributed by atoms with Crippen LogP contribution in [0.1, 0.15) is 25.2 Å². The maximum absolute atomic E-state index is 10.6. The molecule has 0 radical (unpaired) electrons. The highest BCUT2D eigenvalue weighted by Gasteiger charge is 2.22. The summed E-state index contributed by atoms with van der Waals surface area (Å²) in [5.41, 5.74) is 0. The van der Waals surface area contributed by atoms with Gasteiger partial charge in [-0.2, -0.15) is 0 Å². The van der Waals surface area contributed by atoms with Crippen LogP contribution in [-0.4, -0.2) is 21.3 Å². The lowest BCUT2D eigenvalue weighted by Gasteiger charge is -2.01. The van der Waals surface area contributed by atoms with Crippen molar-refractivity contribution in [3.8, 4) is 0 Å². The molecule has 1 heterocycles. The Morgan fingerprint density at radius 3 is 2.92 bits per heavy atom. The average Bonchev–Trinajstić information content (AvgIpc) is 2.37. The number of carboxylic acids is 1. The fourth-order valence-corrected chi connectivity index (χ4v) is 0.976. The summed E-state index contributed by atoms with van der Waals surface area (Å²) in [6, 6.07) is 0. The summed E-state index contributed by atoms with van der Waals surface area (Å²) < 4.78 is 4.87. The van der Waals surface area contributed by atoms with Gasteiger partial charge in [0.15, 0.2) is 0 Å². The Bertz CT molecular complexity index is 330. The van der Waals surface area contributed by atoms with E-state index in [4.69, 9.17) is 9.52 Å². The number of hydrogen-bond donors (Lipinski definition) is 2. The van der Waals surface area contributed by atoms with Gasteiger partial charge in [0.2, 0.25) is 5.89 Å². The quantitative estimate of drug-likeness (QED) is 0.699. The number of aromatic amines is 1. The van der Waals surface area contributed by atoms with Crippen LogP contribution in [-0.2, 0) is 4.79 Å². The largest absolute Gasteiger partial charge is 0.481 e. The second-order valence-electron chi connectivity index (χ2n) is 2.25. The smallest absolute Gasteiger partial charge is 0.316 e. The number of H-pyrrole nitrogens is 1. The van der Waals surface area contributed by atoms with E-state index in [9.17, 15) is 4.79 Å². The third-order valence-corrected chi connectivity index (χ3v) is 1.63. The molecular formula is C6H8N2O3S. The van der Waals surface area contributed by atoms with Crippen LogP contribution < -0.4 is 0 Å². The lowest BCUT2D eigenvalue weighted by molar-refractivity contribution is -0.139. The van der Waals surface area contributed by atoms with E-state index in [-0.39, 0.29) is 10.7 Å². The number of rotatable bonds is 3. The standard InChI is InChI=1S/C6H8N2O3S/c1-2-3(5(9)10)4-7-8-6(12)11-4/h3H,2H2,1H3,(H,8,12)(H,9,10). The normalized spacial score (nSPS) is 12.8. The van der Waals surface area contributed by atoms with Gasteiger partial charge in [-0.1, -0.05) is 6.92 Å². The molecule has 0 saturated heterocycles. The first-order valence-electron chi connectivity index (χ1n) is 3.43. The van der Waals surface area contributed by atoms with E-state index in [1.165, 1.54) is 0 Å². The number of hydrogen-bond acceptors (Lipinski definition) is 4. The SMILES string of the molecule is CCC(C(=O)O)c1n[nH]c(=S)o1. The lowest BCUT2D eigenvalue weighted by atomic mass is 10.1. The number of carbonyl (C=O) groups is 1. The highest BCUT2D eigenvalue weighted by atomic mass is 32.1. The van der Waals surface area contributed by atoms with E-state index in [0.717, 1.165) is 0 Å². The summed E-state index contributed by atoms with van der Waals surface area (Å²) in [5, 5.41) is 14.7. The Morgan fingerprint density at radius 1 is 1.92 bits per heavy atom. The molecule has 0 aliphatic heterocycles. The maximum atomic E-state index is 10.6. The molecule has 1 unspecified atom stereocenters. The van der Waals surface area contributed by atoms with Crippen molar-refractivity contribution in [2.45, 2.75) is 19.3 Å². The van der Waals surface area contributed by atoms with Gasteiger partial charge in [0.1, 0.15) is 5.92 Å². The molecule has 0 saturated carbocycles. The maximum Gasteiger partial charge on any atom is 0.316 e. The zero-order valence-corrected chi connectivity index (χ0v) is 7.22. The van der Waals surface area contributed by atoms with Crippen molar-refractivity contribution < 1.29 is 14.3 Å². The molecule has 1 atom stereocenters. The summed E-state index contributed by atoms with van der Waals surface area (Å²) in [7, 11) is 0. The van der Waals surface area contributed by atoms with Gasteiger partial charge in [-0.3, -0.25) is 4.79 Å². The van der Waals surface area contributed by atoms with Crippen LogP contribution in [0, 0.1) is 4.84 Å². The van der Waals surface area contributed by atoms with Crippen molar-refractivity contribution in [3.05, 3.63) is 10.7 Å². The molecule has 5 nitrogen and oxygen atoms in total. The Hall–Kier alpha value is -1.17. The Balaban J connectivity index is 2.94. The van der Waals surface area contributed by atoms with Crippen molar-refractivity contribution in [1.82, 2.24) is 10.2 Å². The number of aliphatic carboxylic acids is 1. The van der Waals surface area contributed by atoms with Gasteiger partial charge in [-0.15, -0.1) is 5.10 Å². The van der Waals surface area contributed by atoms with E-state index < -0.39 is 11.9 Å². The van der Waals surface area contributed by atoms with E-state index in [1.807, 2.05) is 0 Å². The molecule has 0 amide bonds. The molecule has 2 N–H and O–H groups in total. The summed E-state index contributed by atoms with van der Waals surface area (Å²) in [5.74, 6) is -1.53. The van der Waals surface area contributed by atoms with E-state index >= 15 is 0 Å². The zero-order valence-electron chi connectivity index (χ0n) is 6.40. The van der Waals surface area contributed by atoms with Crippen molar-refractivity contribution in [2.24, 2.45) is 0 Å². The van der Waals surface area contributed by atoms with Gasteiger partial charge in [0.25, 0.3) is 4.84 Å². The van der Waals surface area contributed by atoms with Crippen LogP contribution >= 0.6 is 12.2 Å². The molecule has 0 aliphatic carbocycles. The highest BCUT2D eigenvalue weighted by Crippen LogP contribution is 2.16. The predicted molar refractivity (Wildman–Crippen MR) is 42.4 cm³/mol. The third-order valence-electron chi connectivity index (χ3n) is 1.46. The Labute approximate surface area is 73.4 Å². The molecule has 0 fully saturated rings. The van der Waals surface area contributed by atoms with Crippen LogP contribution in [0.15, 0.2) is 4.42 Å². The number of carboxylic acid groups (broad SMARTS) is 1. The second kappa shape index (κ2) is 3.48. The summed E-state index contributed by atoms with van der Waals surface area (Å²) in [6.45, 7) is 1.74.